The largest absolute Gasteiger partial charge is 0.465 e. The van der Waals surface area contributed by atoms with E-state index in [1.807, 2.05) is 42.2 Å². The van der Waals surface area contributed by atoms with Crippen molar-refractivity contribution in [2.75, 3.05) is 13.1 Å². The number of furan rings is 1. The Bertz CT molecular complexity index is 959. The van der Waals surface area contributed by atoms with E-state index in [9.17, 15) is 4.79 Å². The molecular formula is C22H23N3O3. The zero-order valence-corrected chi connectivity index (χ0v) is 15.9. The predicted octanol–water partition coefficient (Wildman–Crippen LogP) is 4.13. The van der Waals surface area contributed by atoms with Gasteiger partial charge >= 0.3 is 0 Å². The molecule has 0 spiro atoms. The molecule has 1 aromatic carbocycles. The molecule has 3 aromatic rings. The van der Waals surface area contributed by atoms with Crippen molar-refractivity contribution in [2.45, 2.75) is 26.2 Å². The van der Waals surface area contributed by atoms with E-state index in [1.54, 1.807) is 24.5 Å². The fourth-order valence-electron chi connectivity index (χ4n) is 3.59. The summed E-state index contributed by atoms with van der Waals surface area (Å²) >= 11 is 0. The number of hydrogen-bond donors (Lipinski definition) is 0. The Hall–Kier alpha value is -3.15. The fourth-order valence-corrected chi connectivity index (χ4v) is 3.59. The Balaban J connectivity index is 1.38. The van der Waals surface area contributed by atoms with E-state index in [4.69, 9.17) is 8.94 Å². The molecule has 4 rings (SSSR count). The monoisotopic (exact) mass is 377 g/mol. The van der Waals surface area contributed by atoms with Gasteiger partial charge in [0.2, 0.25) is 17.6 Å². The summed E-state index contributed by atoms with van der Waals surface area (Å²) in [6.45, 7) is 3.51. The molecule has 2 aromatic heterocycles. The lowest BCUT2D eigenvalue weighted by atomic mass is 9.94. The Kier molecular flexibility index (Phi) is 5.37. The van der Waals surface area contributed by atoms with E-state index in [-0.39, 0.29) is 5.91 Å². The Morgan fingerprint density at radius 1 is 1.29 bits per heavy atom. The molecule has 6 heteroatoms. The van der Waals surface area contributed by atoms with Gasteiger partial charge in [-0.2, -0.15) is 4.98 Å². The second-order valence-electron chi connectivity index (χ2n) is 7.17. The van der Waals surface area contributed by atoms with Crippen LogP contribution in [0.1, 0.15) is 30.1 Å². The van der Waals surface area contributed by atoms with Crippen LogP contribution in [-0.4, -0.2) is 34.0 Å². The van der Waals surface area contributed by atoms with Crippen LogP contribution in [0.25, 0.3) is 17.5 Å². The first-order valence-electron chi connectivity index (χ1n) is 9.58. The summed E-state index contributed by atoms with van der Waals surface area (Å²) in [5, 5.41) is 4.14. The van der Waals surface area contributed by atoms with E-state index < -0.39 is 0 Å². The Morgan fingerprint density at radius 2 is 2.18 bits per heavy atom. The fraction of sp³-hybridized carbons (Fsp3) is 0.318. The maximum absolute atomic E-state index is 12.5. The maximum Gasteiger partial charge on any atom is 0.246 e. The SMILES string of the molecule is Cc1ccccc1-c1noc(CC2CCCN(C(=O)C=Cc3ccco3)C2)n1. The standard InChI is InChI=1S/C22H23N3O3/c1-16-6-2-3-9-19(16)22-23-20(28-24-22)14-17-7-4-12-25(15-17)21(26)11-10-18-8-5-13-27-18/h2-3,5-6,8-11,13,17H,4,7,12,14-15H2,1H3. The minimum atomic E-state index is 0.00669. The number of benzene rings is 1. The third kappa shape index (κ3) is 4.22. The van der Waals surface area contributed by atoms with Gasteiger partial charge in [0.1, 0.15) is 5.76 Å². The highest BCUT2D eigenvalue weighted by Gasteiger charge is 2.24. The number of rotatable bonds is 5. The molecule has 1 aliphatic rings. The third-order valence-electron chi connectivity index (χ3n) is 5.08. The lowest BCUT2D eigenvalue weighted by molar-refractivity contribution is -0.127. The molecule has 1 unspecified atom stereocenters. The van der Waals surface area contributed by atoms with Gasteiger partial charge < -0.3 is 13.8 Å². The second-order valence-corrected chi connectivity index (χ2v) is 7.17. The predicted molar refractivity (Wildman–Crippen MR) is 105 cm³/mol. The molecule has 1 aliphatic heterocycles. The van der Waals surface area contributed by atoms with Crippen LogP contribution in [0, 0.1) is 12.8 Å². The lowest BCUT2D eigenvalue weighted by Crippen LogP contribution is -2.39. The van der Waals surface area contributed by atoms with E-state index in [0.29, 0.717) is 36.4 Å². The number of carbonyl (C=O) groups is 1. The molecule has 6 nitrogen and oxygen atoms in total. The summed E-state index contributed by atoms with van der Waals surface area (Å²) < 4.78 is 10.7. The molecule has 1 saturated heterocycles. The van der Waals surface area contributed by atoms with Gasteiger partial charge in [-0.3, -0.25) is 4.79 Å². The maximum atomic E-state index is 12.5. The first kappa shape index (κ1) is 18.2. The van der Waals surface area contributed by atoms with E-state index in [2.05, 4.69) is 10.1 Å². The van der Waals surface area contributed by atoms with E-state index in [1.165, 1.54) is 0 Å². The summed E-state index contributed by atoms with van der Waals surface area (Å²) in [5.41, 5.74) is 2.11. The first-order valence-corrected chi connectivity index (χ1v) is 9.58. The van der Waals surface area contributed by atoms with Crippen molar-refractivity contribution in [1.82, 2.24) is 15.0 Å². The average Bonchev–Trinajstić information content (AvgIpc) is 3.39. The van der Waals surface area contributed by atoms with Crippen LogP contribution in [0.15, 0.2) is 57.7 Å². The molecule has 28 heavy (non-hydrogen) atoms. The van der Waals surface area contributed by atoms with Crippen molar-refractivity contribution in [3.05, 3.63) is 66.0 Å². The van der Waals surface area contributed by atoms with Gasteiger partial charge in [0.25, 0.3) is 0 Å². The first-order chi connectivity index (χ1) is 13.7. The van der Waals surface area contributed by atoms with Crippen molar-refractivity contribution in [1.29, 1.82) is 0 Å². The van der Waals surface area contributed by atoms with Gasteiger partial charge in [0, 0.05) is 31.1 Å². The summed E-state index contributed by atoms with van der Waals surface area (Å²) in [7, 11) is 0. The van der Waals surface area contributed by atoms with Gasteiger partial charge in [-0.15, -0.1) is 0 Å². The number of aromatic nitrogens is 2. The molecule has 0 radical (unpaired) electrons. The Labute approximate surface area is 163 Å². The highest BCUT2D eigenvalue weighted by molar-refractivity contribution is 5.91. The van der Waals surface area contributed by atoms with Crippen molar-refractivity contribution < 1.29 is 13.7 Å². The number of nitrogens with zero attached hydrogens (tertiary/aromatic N) is 3. The molecule has 1 atom stereocenters. The van der Waals surface area contributed by atoms with Crippen LogP contribution < -0.4 is 0 Å². The smallest absolute Gasteiger partial charge is 0.246 e. The number of likely N-dealkylation sites (tertiary alicyclic amines) is 1. The van der Waals surface area contributed by atoms with Crippen LogP contribution in [0.5, 0.6) is 0 Å². The number of piperidine rings is 1. The van der Waals surface area contributed by atoms with Crippen molar-refractivity contribution in [3.63, 3.8) is 0 Å². The van der Waals surface area contributed by atoms with Crippen LogP contribution in [0.3, 0.4) is 0 Å². The van der Waals surface area contributed by atoms with Crippen LogP contribution >= 0.6 is 0 Å². The van der Waals surface area contributed by atoms with Crippen molar-refractivity contribution in [3.8, 4) is 11.4 Å². The van der Waals surface area contributed by atoms with Crippen LogP contribution in [0.2, 0.25) is 0 Å². The van der Waals surface area contributed by atoms with Gasteiger partial charge in [0.15, 0.2) is 0 Å². The lowest BCUT2D eigenvalue weighted by Gasteiger charge is -2.31. The van der Waals surface area contributed by atoms with E-state index in [0.717, 1.165) is 30.5 Å². The topological polar surface area (TPSA) is 72.4 Å². The molecule has 144 valence electrons. The van der Waals surface area contributed by atoms with Gasteiger partial charge in [0.05, 0.1) is 6.26 Å². The quantitative estimate of drug-likeness (QED) is 0.625. The van der Waals surface area contributed by atoms with E-state index >= 15 is 0 Å². The summed E-state index contributed by atoms with van der Waals surface area (Å²) in [5.74, 6) is 2.26. The Morgan fingerprint density at radius 3 is 3.00 bits per heavy atom. The number of hydrogen-bond acceptors (Lipinski definition) is 5. The summed E-state index contributed by atoms with van der Waals surface area (Å²) in [4.78, 5) is 18.9. The molecular weight excluding hydrogens is 354 g/mol. The van der Waals surface area contributed by atoms with Crippen LogP contribution in [-0.2, 0) is 11.2 Å². The summed E-state index contributed by atoms with van der Waals surface area (Å²) in [6.07, 6.45) is 7.58. The van der Waals surface area contributed by atoms with Gasteiger partial charge in [-0.25, -0.2) is 0 Å². The molecule has 0 N–H and O–H groups in total. The molecule has 3 heterocycles. The molecule has 0 saturated carbocycles. The highest BCUT2D eigenvalue weighted by atomic mass is 16.5. The van der Waals surface area contributed by atoms with Crippen molar-refractivity contribution >= 4 is 12.0 Å². The normalized spacial score (nSPS) is 17.3. The molecule has 1 fully saturated rings. The average molecular weight is 377 g/mol. The molecule has 0 aliphatic carbocycles. The number of amides is 1. The van der Waals surface area contributed by atoms with Gasteiger partial charge in [-0.1, -0.05) is 29.4 Å². The zero-order chi connectivity index (χ0) is 19.3. The number of carbonyl (C=O) groups excluding carboxylic acids is 1. The van der Waals surface area contributed by atoms with Crippen molar-refractivity contribution in [2.24, 2.45) is 5.92 Å². The third-order valence-corrected chi connectivity index (χ3v) is 5.08. The minimum Gasteiger partial charge on any atom is -0.465 e. The van der Waals surface area contributed by atoms with Gasteiger partial charge in [-0.05, 0) is 49.5 Å². The molecule has 1 amide bonds. The second kappa shape index (κ2) is 8.25. The molecule has 0 bridgehead atoms. The summed E-state index contributed by atoms with van der Waals surface area (Å²) in [6, 6.07) is 11.6. The highest BCUT2D eigenvalue weighted by Crippen LogP contribution is 2.24. The zero-order valence-electron chi connectivity index (χ0n) is 15.9. The number of aryl methyl sites for hydroxylation is 1. The van der Waals surface area contributed by atoms with Crippen LogP contribution in [0.4, 0.5) is 0 Å². The minimum absolute atomic E-state index is 0.00669.